The fourth-order valence-corrected chi connectivity index (χ4v) is 0.476. The zero-order chi connectivity index (χ0) is 6.53. The molecule has 0 aromatic carbocycles. The molecular weight excluding hydrogens is 116 g/mol. The minimum atomic E-state index is 0.701. The summed E-state index contributed by atoms with van der Waals surface area (Å²) in [5.41, 5.74) is 0.701. The first-order valence-electron chi connectivity index (χ1n) is 2.50. The van der Waals surface area contributed by atoms with E-state index in [1.165, 1.54) is 12.4 Å². The van der Waals surface area contributed by atoms with Crippen molar-refractivity contribution in [1.29, 1.82) is 0 Å². The Balaban J connectivity index is 2.85. The van der Waals surface area contributed by atoms with Crippen LogP contribution in [0.15, 0.2) is 24.9 Å². The van der Waals surface area contributed by atoms with Gasteiger partial charge < -0.3 is 5.11 Å². The summed E-state index contributed by atoms with van der Waals surface area (Å²) in [5.74, 6) is 0. The third-order valence-electron chi connectivity index (χ3n) is 0.850. The molecule has 0 aliphatic heterocycles. The molecule has 1 heterocycles. The molecule has 0 aliphatic rings. The Morgan fingerprint density at radius 2 is 2.44 bits per heavy atom. The minimum Gasteiger partial charge on any atom is -0.516 e. The van der Waals surface area contributed by atoms with Crippen LogP contribution in [0.3, 0.4) is 0 Å². The monoisotopic (exact) mass is 122 g/mol. The van der Waals surface area contributed by atoms with Crippen LogP contribution in [0, 0.1) is 0 Å². The van der Waals surface area contributed by atoms with E-state index >= 15 is 0 Å². The molecule has 9 heavy (non-hydrogen) atoms. The van der Waals surface area contributed by atoms with Gasteiger partial charge in [0.1, 0.15) is 6.33 Å². The van der Waals surface area contributed by atoms with E-state index in [1.54, 1.807) is 12.3 Å². The molecule has 0 unspecified atom stereocenters. The Morgan fingerprint density at radius 3 is 3.00 bits per heavy atom. The van der Waals surface area contributed by atoms with Crippen molar-refractivity contribution in [3.8, 4) is 0 Å². The van der Waals surface area contributed by atoms with Gasteiger partial charge in [0, 0.05) is 6.20 Å². The van der Waals surface area contributed by atoms with Gasteiger partial charge in [-0.15, -0.1) is 0 Å². The standard InChI is InChI=1S/C6H6N2O/c9-4-2-6-1-3-7-5-8-6/h1-5,9H/b4-2-. The van der Waals surface area contributed by atoms with Crippen molar-refractivity contribution in [2.75, 3.05) is 0 Å². The fraction of sp³-hybridized carbons (Fsp3) is 0. The van der Waals surface area contributed by atoms with Crippen molar-refractivity contribution >= 4 is 6.08 Å². The van der Waals surface area contributed by atoms with Gasteiger partial charge in [0.25, 0.3) is 0 Å². The maximum atomic E-state index is 8.28. The maximum absolute atomic E-state index is 8.28. The highest BCUT2D eigenvalue weighted by Crippen LogP contribution is 1.91. The minimum absolute atomic E-state index is 0.701. The Bertz CT molecular complexity index is 195. The Kier molecular flexibility index (Phi) is 1.80. The molecule has 0 radical (unpaired) electrons. The smallest absolute Gasteiger partial charge is 0.115 e. The van der Waals surface area contributed by atoms with Gasteiger partial charge in [-0.2, -0.15) is 0 Å². The molecule has 0 saturated heterocycles. The van der Waals surface area contributed by atoms with Crippen molar-refractivity contribution in [3.63, 3.8) is 0 Å². The summed E-state index contributed by atoms with van der Waals surface area (Å²) in [5, 5.41) is 8.28. The highest BCUT2D eigenvalue weighted by molar-refractivity contribution is 5.41. The molecule has 0 atom stereocenters. The van der Waals surface area contributed by atoms with Crippen LogP contribution in [0.25, 0.3) is 6.08 Å². The second-order valence-electron chi connectivity index (χ2n) is 1.45. The van der Waals surface area contributed by atoms with E-state index < -0.39 is 0 Å². The van der Waals surface area contributed by atoms with Gasteiger partial charge in [-0.25, -0.2) is 9.97 Å². The number of aromatic nitrogens is 2. The lowest BCUT2D eigenvalue weighted by molar-refractivity contribution is 0.478. The first-order chi connectivity index (χ1) is 4.43. The van der Waals surface area contributed by atoms with Crippen LogP contribution in [0.4, 0.5) is 0 Å². The number of hydrogen-bond acceptors (Lipinski definition) is 3. The van der Waals surface area contributed by atoms with Gasteiger partial charge in [-0.05, 0) is 12.1 Å². The van der Waals surface area contributed by atoms with Crippen molar-refractivity contribution in [1.82, 2.24) is 9.97 Å². The lowest BCUT2D eigenvalue weighted by Gasteiger charge is -1.85. The van der Waals surface area contributed by atoms with E-state index in [-0.39, 0.29) is 0 Å². The summed E-state index contributed by atoms with van der Waals surface area (Å²) in [7, 11) is 0. The Labute approximate surface area is 52.7 Å². The first kappa shape index (κ1) is 5.75. The van der Waals surface area contributed by atoms with Crippen LogP contribution in [-0.2, 0) is 0 Å². The van der Waals surface area contributed by atoms with Gasteiger partial charge >= 0.3 is 0 Å². The molecule has 0 fully saturated rings. The van der Waals surface area contributed by atoms with Gasteiger partial charge in [0.15, 0.2) is 0 Å². The molecule has 1 aromatic heterocycles. The topological polar surface area (TPSA) is 46.0 Å². The molecular formula is C6H6N2O. The van der Waals surface area contributed by atoms with Crippen LogP contribution in [0.1, 0.15) is 5.69 Å². The first-order valence-corrected chi connectivity index (χ1v) is 2.50. The van der Waals surface area contributed by atoms with Crippen LogP contribution in [0.2, 0.25) is 0 Å². The third-order valence-corrected chi connectivity index (χ3v) is 0.850. The lowest BCUT2D eigenvalue weighted by atomic mass is 10.4. The zero-order valence-corrected chi connectivity index (χ0v) is 4.73. The summed E-state index contributed by atoms with van der Waals surface area (Å²) < 4.78 is 0. The highest BCUT2D eigenvalue weighted by atomic mass is 16.2. The van der Waals surface area contributed by atoms with Gasteiger partial charge in [0.05, 0.1) is 12.0 Å². The van der Waals surface area contributed by atoms with Gasteiger partial charge in [0.2, 0.25) is 0 Å². The zero-order valence-electron chi connectivity index (χ0n) is 4.73. The summed E-state index contributed by atoms with van der Waals surface area (Å²) in [6.45, 7) is 0. The van der Waals surface area contributed by atoms with E-state index in [9.17, 15) is 0 Å². The molecule has 0 aliphatic carbocycles. The largest absolute Gasteiger partial charge is 0.516 e. The van der Waals surface area contributed by atoms with E-state index in [4.69, 9.17) is 5.11 Å². The molecule has 0 amide bonds. The summed E-state index contributed by atoms with van der Waals surface area (Å²) in [6, 6.07) is 1.70. The molecule has 3 heteroatoms. The number of aliphatic hydroxyl groups is 1. The predicted molar refractivity (Wildman–Crippen MR) is 33.7 cm³/mol. The van der Waals surface area contributed by atoms with E-state index in [0.29, 0.717) is 5.69 Å². The summed E-state index contributed by atoms with van der Waals surface area (Å²) >= 11 is 0. The molecule has 0 bridgehead atoms. The van der Waals surface area contributed by atoms with Crippen molar-refractivity contribution in [2.45, 2.75) is 0 Å². The molecule has 0 spiro atoms. The molecule has 3 nitrogen and oxygen atoms in total. The van der Waals surface area contributed by atoms with Crippen LogP contribution in [-0.4, -0.2) is 15.1 Å². The molecule has 1 N–H and O–H groups in total. The normalized spacial score (nSPS) is 10.2. The number of hydrogen-bond donors (Lipinski definition) is 1. The molecule has 1 aromatic rings. The van der Waals surface area contributed by atoms with Crippen LogP contribution >= 0.6 is 0 Å². The Hall–Kier alpha value is -1.38. The fourth-order valence-electron chi connectivity index (χ4n) is 0.476. The second kappa shape index (κ2) is 2.81. The van der Waals surface area contributed by atoms with E-state index in [0.717, 1.165) is 6.26 Å². The SMILES string of the molecule is O/C=C\c1ccncn1. The summed E-state index contributed by atoms with van der Waals surface area (Å²) in [6.07, 6.45) is 5.47. The second-order valence-corrected chi connectivity index (χ2v) is 1.45. The maximum Gasteiger partial charge on any atom is 0.115 e. The lowest BCUT2D eigenvalue weighted by Crippen LogP contribution is -1.78. The Morgan fingerprint density at radius 1 is 1.56 bits per heavy atom. The number of aliphatic hydroxyl groups excluding tert-OH is 1. The van der Waals surface area contributed by atoms with Gasteiger partial charge in [-0.1, -0.05) is 0 Å². The number of rotatable bonds is 1. The van der Waals surface area contributed by atoms with Crippen LogP contribution in [0.5, 0.6) is 0 Å². The quantitative estimate of drug-likeness (QED) is 0.565. The summed E-state index contributed by atoms with van der Waals surface area (Å²) in [4.78, 5) is 7.51. The third kappa shape index (κ3) is 1.53. The van der Waals surface area contributed by atoms with E-state index in [2.05, 4.69) is 9.97 Å². The van der Waals surface area contributed by atoms with Crippen LogP contribution < -0.4 is 0 Å². The molecule has 0 saturated carbocycles. The average Bonchev–Trinajstić information content (AvgIpc) is 1.91. The van der Waals surface area contributed by atoms with E-state index in [1.807, 2.05) is 0 Å². The van der Waals surface area contributed by atoms with Gasteiger partial charge in [-0.3, -0.25) is 0 Å². The number of nitrogens with zero attached hydrogens (tertiary/aromatic N) is 2. The predicted octanol–water partition coefficient (Wildman–Crippen LogP) is 1.01. The van der Waals surface area contributed by atoms with Crippen molar-refractivity contribution < 1.29 is 5.11 Å². The average molecular weight is 122 g/mol. The molecule has 46 valence electrons. The molecule has 1 rings (SSSR count). The highest BCUT2D eigenvalue weighted by Gasteiger charge is 1.81. The van der Waals surface area contributed by atoms with Crippen molar-refractivity contribution in [2.24, 2.45) is 0 Å². The van der Waals surface area contributed by atoms with Crippen molar-refractivity contribution in [3.05, 3.63) is 30.5 Å².